The Morgan fingerprint density at radius 1 is 1.44 bits per heavy atom. The number of ether oxygens (including phenoxy) is 3. The van der Waals surface area contributed by atoms with Crippen molar-refractivity contribution in [1.29, 1.82) is 0 Å². The molecule has 0 radical (unpaired) electrons. The lowest BCUT2D eigenvalue weighted by molar-refractivity contribution is -0.150. The fourth-order valence-corrected chi connectivity index (χ4v) is 3.58. The largest absolute Gasteiger partial charge is 0.453 e. The normalized spacial score (nSPS) is 25.9. The minimum absolute atomic E-state index is 0.208. The maximum Gasteiger partial charge on any atom is 0.407 e. The van der Waals surface area contributed by atoms with Crippen LogP contribution in [0.4, 0.5) is 9.18 Å². The van der Waals surface area contributed by atoms with Crippen LogP contribution in [0.5, 0.6) is 0 Å². The third kappa shape index (κ3) is 5.49. The highest BCUT2D eigenvalue weighted by Crippen LogP contribution is 2.40. The highest BCUT2D eigenvalue weighted by Gasteiger charge is 2.55. The molecule has 0 aromatic carbocycles. The van der Waals surface area contributed by atoms with Gasteiger partial charge in [0.1, 0.15) is 18.2 Å². The number of alkyl carbamates (subject to hydrolysis) is 1. The second-order valence-corrected chi connectivity index (χ2v) is 8.13. The molecule has 32 heavy (non-hydrogen) atoms. The van der Waals surface area contributed by atoms with Gasteiger partial charge in [-0.1, -0.05) is 0 Å². The quantitative estimate of drug-likeness (QED) is 0.374. The fraction of sp³-hybridized carbons (Fsp3) is 0.667. The summed E-state index contributed by atoms with van der Waals surface area (Å²) in [6.07, 6.45) is -2.50. The molecule has 1 fully saturated rings. The Labute approximate surface area is 186 Å². The number of alkyl halides is 1. The van der Waals surface area contributed by atoms with E-state index in [1.807, 2.05) is 0 Å². The molecule has 0 spiro atoms. The number of halogens is 1. The number of hydrogen-bond acceptors (Lipinski definition) is 10. The van der Waals surface area contributed by atoms with E-state index in [1.165, 1.54) is 11.8 Å². The smallest absolute Gasteiger partial charge is 0.407 e. The van der Waals surface area contributed by atoms with Gasteiger partial charge in [0.05, 0.1) is 13.7 Å². The van der Waals surface area contributed by atoms with Crippen LogP contribution >= 0.6 is 11.8 Å². The number of esters is 1. The number of aromatic nitrogens is 2. The molecule has 0 saturated carbocycles. The van der Waals surface area contributed by atoms with Crippen molar-refractivity contribution in [2.45, 2.75) is 50.2 Å². The fourth-order valence-electron chi connectivity index (χ4n) is 3.11. The molecular weight excluding hydrogens is 453 g/mol. The molecular formula is C18H26FN3O9S. The van der Waals surface area contributed by atoms with Crippen LogP contribution in [0.25, 0.3) is 0 Å². The molecule has 12 nitrogen and oxygen atoms in total. The predicted octanol–water partition coefficient (Wildman–Crippen LogP) is -1.03. The second-order valence-electron chi connectivity index (χ2n) is 7.14. The number of hydrogen-bond donors (Lipinski definition) is 3. The highest BCUT2D eigenvalue weighted by atomic mass is 32.2. The first-order chi connectivity index (χ1) is 15.1. The number of thioether (sulfide) groups is 1. The van der Waals surface area contributed by atoms with Gasteiger partial charge in [-0.2, -0.15) is 11.8 Å². The van der Waals surface area contributed by atoms with E-state index in [0.29, 0.717) is 10.3 Å². The molecule has 0 unspecified atom stereocenters. The Bertz CT molecular complexity index is 935. The van der Waals surface area contributed by atoms with Crippen LogP contribution in [0, 0.1) is 0 Å². The van der Waals surface area contributed by atoms with Crippen LogP contribution in [0.1, 0.15) is 19.6 Å². The third-order valence-electron chi connectivity index (χ3n) is 4.95. The van der Waals surface area contributed by atoms with E-state index in [9.17, 15) is 29.4 Å². The number of carbonyl (C=O) groups is 2. The lowest BCUT2D eigenvalue weighted by atomic mass is 9.98. The van der Waals surface area contributed by atoms with Gasteiger partial charge in [0.15, 0.2) is 18.6 Å². The molecule has 0 aliphatic carbocycles. The molecule has 2 heterocycles. The molecule has 1 amide bonds. The molecule has 0 bridgehead atoms. The summed E-state index contributed by atoms with van der Waals surface area (Å²) in [5.41, 5.74) is -4.35. The summed E-state index contributed by atoms with van der Waals surface area (Å²) in [6.45, 7) is -0.500. The Morgan fingerprint density at radius 2 is 2.12 bits per heavy atom. The molecule has 2 rings (SSSR count). The van der Waals surface area contributed by atoms with Crippen molar-refractivity contribution in [1.82, 2.24) is 14.5 Å². The Hall–Kier alpha value is -2.42. The maximum atomic E-state index is 15.0. The monoisotopic (exact) mass is 479 g/mol. The van der Waals surface area contributed by atoms with Gasteiger partial charge in [0.25, 0.3) is 5.56 Å². The zero-order chi connectivity index (χ0) is 24.1. The van der Waals surface area contributed by atoms with Crippen LogP contribution in [0.3, 0.4) is 0 Å². The van der Waals surface area contributed by atoms with Gasteiger partial charge < -0.3 is 29.7 Å². The summed E-state index contributed by atoms with van der Waals surface area (Å²) in [5.74, 6) is -0.404. The highest BCUT2D eigenvalue weighted by molar-refractivity contribution is 7.98. The van der Waals surface area contributed by atoms with Crippen molar-refractivity contribution in [3.05, 3.63) is 33.1 Å². The van der Waals surface area contributed by atoms with Gasteiger partial charge >= 0.3 is 17.8 Å². The van der Waals surface area contributed by atoms with Crippen molar-refractivity contribution in [3.8, 4) is 0 Å². The van der Waals surface area contributed by atoms with Crippen LogP contribution in [-0.2, 0) is 25.7 Å². The molecule has 1 aromatic rings. The molecule has 1 aromatic heterocycles. The third-order valence-corrected chi connectivity index (χ3v) is 5.60. The number of methoxy groups -OCH3 is 1. The Kier molecular flexibility index (Phi) is 8.83. The van der Waals surface area contributed by atoms with Gasteiger partial charge in [0, 0.05) is 12.3 Å². The number of aliphatic hydroxyl groups excluding tert-OH is 2. The van der Waals surface area contributed by atoms with E-state index in [2.05, 4.69) is 10.1 Å². The summed E-state index contributed by atoms with van der Waals surface area (Å²) in [4.78, 5) is 48.8. The Morgan fingerprint density at radius 3 is 2.69 bits per heavy atom. The molecule has 1 saturated heterocycles. The van der Waals surface area contributed by atoms with E-state index in [1.54, 1.807) is 6.26 Å². The summed E-state index contributed by atoms with van der Waals surface area (Å²) < 4.78 is 31.1. The average molecular weight is 479 g/mol. The first kappa shape index (κ1) is 25.8. The van der Waals surface area contributed by atoms with Crippen molar-refractivity contribution >= 4 is 23.8 Å². The van der Waals surface area contributed by atoms with E-state index < -0.39 is 66.8 Å². The lowest BCUT2D eigenvalue weighted by Gasteiger charge is -2.25. The van der Waals surface area contributed by atoms with Gasteiger partial charge in [0.2, 0.25) is 0 Å². The van der Waals surface area contributed by atoms with Crippen molar-refractivity contribution < 1.29 is 38.4 Å². The van der Waals surface area contributed by atoms with E-state index in [-0.39, 0.29) is 6.42 Å². The average Bonchev–Trinajstić information content (AvgIpc) is 2.99. The Balaban J connectivity index is 2.24. The van der Waals surface area contributed by atoms with E-state index >= 15 is 4.39 Å². The van der Waals surface area contributed by atoms with Crippen LogP contribution in [0.15, 0.2) is 21.9 Å². The molecule has 3 N–H and O–H groups in total. The summed E-state index contributed by atoms with van der Waals surface area (Å²) in [7, 11) is 1.13. The zero-order valence-corrected chi connectivity index (χ0v) is 18.5. The van der Waals surface area contributed by atoms with E-state index in [4.69, 9.17) is 9.47 Å². The zero-order valence-electron chi connectivity index (χ0n) is 17.7. The molecule has 1 aliphatic rings. The summed E-state index contributed by atoms with van der Waals surface area (Å²) >= 11 is 1.42. The van der Waals surface area contributed by atoms with Crippen molar-refractivity contribution in [3.63, 3.8) is 0 Å². The molecule has 1 aliphatic heterocycles. The molecule has 5 atom stereocenters. The minimum Gasteiger partial charge on any atom is -0.453 e. The first-order valence-corrected chi connectivity index (χ1v) is 10.9. The van der Waals surface area contributed by atoms with Gasteiger partial charge in [-0.25, -0.2) is 23.3 Å². The van der Waals surface area contributed by atoms with Gasteiger partial charge in [-0.15, -0.1) is 0 Å². The second kappa shape index (κ2) is 10.9. The van der Waals surface area contributed by atoms with Crippen LogP contribution in [0.2, 0.25) is 0 Å². The topological polar surface area (TPSA) is 158 Å². The van der Waals surface area contributed by atoms with Crippen LogP contribution < -0.4 is 16.6 Å². The number of rotatable bonds is 9. The van der Waals surface area contributed by atoms with Crippen LogP contribution in [-0.4, -0.2) is 81.1 Å². The lowest BCUT2D eigenvalue weighted by Crippen LogP contribution is -2.47. The van der Waals surface area contributed by atoms with E-state index in [0.717, 1.165) is 30.9 Å². The SMILES string of the molecule is COC(=O)N[C@@H](CCSC)C(=O)OCn1c(=O)ccn([C@@H]2O[C@H](CO)[C@@H](O)[C@@]2(C)F)c1=O. The molecule has 14 heteroatoms. The van der Waals surface area contributed by atoms with Gasteiger partial charge in [-0.3, -0.25) is 9.36 Å². The number of nitrogens with one attached hydrogen (secondary N) is 1. The predicted molar refractivity (Wildman–Crippen MR) is 110 cm³/mol. The van der Waals surface area contributed by atoms with Gasteiger partial charge in [-0.05, 0) is 25.4 Å². The summed E-state index contributed by atoms with van der Waals surface area (Å²) in [6, 6.07) is -0.144. The number of nitrogens with zero attached hydrogens (tertiary/aromatic N) is 2. The van der Waals surface area contributed by atoms with Crippen molar-refractivity contribution in [2.24, 2.45) is 0 Å². The minimum atomic E-state index is -2.45. The maximum absolute atomic E-state index is 15.0. The summed E-state index contributed by atoms with van der Waals surface area (Å²) in [5, 5.41) is 21.6. The number of carbonyl (C=O) groups excluding carboxylic acids is 2. The number of aliphatic hydroxyl groups is 2. The first-order valence-electron chi connectivity index (χ1n) is 9.53. The standard InChI is InChI=1S/C18H26FN3O9S/c1-18(19)13(25)11(8-23)31-15(18)21-6-4-12(24)22(17(21)28)9-30-14(26)10(5-7-32-3)20-16(27)29-2/h4,6,10-11,13,15,23,25H,5,7-9H2,1-3H3,(H,20,27)/t10-,11+,13+,15+,18+/m0/s1. The number of amides is 1. The molecule has 180 valence electrons. The van der Waals surface area contributed by atoms with Crippen molar-refractivity contribution in [2.75, 3.05) is 25.7 Å².